The first-order valence-electron chi connectivity index (χ1n) is 6.10. The van der Waals surface area contributed by atoms with E-state index >= 15 is 0 Å². The van der Waals surface area contributed by atoms with E-state index in [0.717, 1.165) is 42.6 Å². The van der Waals surface area contributed by atoms with Crippen LogP contribution >= 0.6 is 0 Å². The van der Waals surface area contributed by atoms with Crippen molar-refractivity contribution in [3.8, 4) is 5.75 Å². The Morgan fingerprint density at radius 2 is 1.94 bits per heavy atom. The van der Waals surface area contributed by atoms with Gasteiger partial charge in [0.05, 0.1) is 0 Å². The zero-order chi connectivity index (χ0) is 11.8. The Hall–Kier alpha value is -1.77. The number of piperidine rings is 1. The highest BCUT2D eigenvalue weighted by Crippen LogP contribution is 2.36. The lowest BCUT2D eigenvalue weighted by atomic mass is 9.87. The number of rotatable bonds is 1. The number of hydrogen-bond acceptors (Lipinski definition) is 2. The number of benzene rings is 1. The van der Waals surface area contributed by atoms with Crippen LogP contribution in [-0.4, -0.2) is 29.0 Å². The second-order valence-electron chi connectivity index (χ2n) is 4.68. The summed E-state index contributed by atoms with van der Waals surface area (Å²) in [6.07, 6.45) is 5.34. The maximum Gasteiger partial charge on any atom is 0.254 e. The zero-order valence-electron chi connectivity index (χ0n) is 9.65. The first-order chi connectivity index (χ1) is 8.25. The maximum atomic E-state index is 12.2. The molecule has 1 aromatic carbocycles. The summed E-state index contributed by atoms with van der Waals surface area (Å²) in [4.78, 5) is 14.1. The van der Waals surface area contributed by atoms with Gasteiger partial charge in [-0.25, -0.2) is 0 Å². The summed E-state index contributed by atoms with van der Waals surface area (Å²) in [5.74, 6) is 0.337. The summed E-state index contributed by atoms with van der Waals surface area (Å²) in [5.41, 5.74) is 2.68. The largest absolute Gasteiger partial charge is 0.508 e. The molecular formula is C14H15NO2. The molecule has 1 saturated heterocycles. The van der Waals surface area contributed by atoms with Crippen molar-refractivity contribution >= 4 is 17.6 Å². The van der Waals surface area contributed by atoms with Crippen molar-refractivity contribution in [3.05, 3.63) is 29.3 Å². The van der Waals surface area contributed by atoms with Gasteiger partial charge in [0.15, 0.2) is 0 Å². The van der Waals surface area contributed by atoms with Gasteiger partial charge >= 0.3 is 0 Å². The van der Waals surface area contributed by atoms with E-state index in [-0.39, 0.29) is 11.7 Å². The fourth-order valence-corrected chi connectivity index (χ4v) is 2.50. The Balaban J connectivity index is 1.80. The van der Waals surface area contributed by atoms with E-state index in [9.17, 15) is 9.90 Å². The lowest BCUT2D eigenvalue weighted by Crippen LogP contribution is -2.37. The van der Waals surface area contributed by atoms with E-state index in [4.69, 9.17) is 0 Å². The van der Waals surface area contributed by atoms with Crippen molar-refractivity contribution in [3.63, 3.8) is 0 Å². The van der Waals surface area contributed by atoms with E-state index in [1.807, 2.05) is 17.0 Å². The first kappa shape index (κ1) is 10.4. The van der Waals surface area contributed by atoms with Crippen LogP contribution in [0.25, 0.3) is 11.6 Å². The molecular weight excluding hydrogens is 214 g/mol. The number of phenols is 1. The van der Waals surface area contributed by atoms with Gasteiger partial charge in [-0.3, -0.25) is 4.79 Å². The Labute approximate surface area is 100 Å². The van der Waals surface area contributed by atoms with Crippen LogP contribution in [0, 0.1) is 0 Å². The quantitative estimate of drug-likeness (QED) is 0.802. The van der Waals surface area contributed by atoms with Crippen LogP contribution in [0.1, 0.15) is 30.4 Å². The Morgan fingerprint density at radius 1 is 1.18 bits per heavy atom. The van der Waals surface area contributed by atoms with Gasteiger partial charge in [0, 0.05) is 18.7 Å². The van der Waals surface area contributed by atoms with Crippen LogP contribution in [0.4, 0.5) is 0 Å². The van der Waals surface area contributed by atoms with Gasteiger partial charge in [0.1, 0.15) is 5.75 Å². The third kappa shape index (κ3) is 1.71. The fourth-order valence-electron chi connectivity index (χ4n) is 2.50. The second kappa shape index (κ2) is 3.91. The Morgan fingerprint density at radius 3 is 2.71 bits per heavy atom. The SMILES string of the molecule is O=C(C1=Cc2ccc(O)cc21)N1CCCCC1. The van der Waals surface area contributed by atoms with Gasteiger partial charge in [0.2, 0.25) is 0 Å². The van der Waals surface area contributed by atoms with Crippen LogP contribution in [0.2, 0.25) is 0 Å². The summed E-state index contributed by atoms with van der Waals surface area (Å²) in [7, 11) is 0. The summed E-state index contributed by atoms with van der Waals surface area (Å²) in [6.45, 7) is 1.73. The molecule has 0 unspecified atom stereocenters. The van der Waals surface area contributed by atoms with Crippen LogP contribution < -0.4 is 0 Å². The van der Waals surface area contributed by atoms with Crippen LogP contribution in [0.3, 0.4) is 0 Å². The number of aromatic hydroxyl groups is 1. The maximum absolute atomic E-state index is 12.2. The summed E-state index contributed by atoms with van der Waals surface area (Å²) < 4.78 is 0. The highest BCUT2D eigenvalue weighted by molar-refractivity contribution is 6.29. The summed E-state index contributed by atoms with van der Waals surface area (Å²) in [6, 6.07) is 5.17. The topological polar surface area (TPSA) is 40.5 Å². The minimum atomic E-state index is 0.114. The molecule has 3 rings (SSSR count). The van der Waals surface area contributed by atoms with Crippen molar-refractivity contribution in [2.24, 2.45) is 0 Å². The van der Waals surface area contributed by atoms with Crippen molar-refractivity contribution in [1.29, 1.82) is 0 Å². The van der Waals surface area contributed by atoms with Gasteiger partial charge in [-0.15, -0.1) is 0 Å². The molecule has 88 valence electrons. The predicted octanol–water partition coefficient (Wildman–Crippen LogP) is 2.26. The standard InChI is InChI=1S/C14H15NO2/c16-11-5-4-10-8-13(12(10)9-11)14(17)15-6-2-1-3-7-15/h4-5,8-9,16H,1-3,6-7H2. The number of phenolic OH excluding ortho intramolecular Hbond substituents is 1. The average molecular weight is 229 g/mol. The molecule has 1 heterocycles. The number of amides is 1. The molecule has 0 saturated carbocycles. The number of carbonyl (C=O) groups excluding carboxylic acids is 1. The molecule has 1 aromatic rings. The highest BCUT2D eigenvalue weighted by Gasteiger charge is 2.27. The predicted molar refractivity (Wildman–Crippen MR) is 66.4 cm³/mol. The molecule has 1 N–H and O–H groups in total. The van der Waals surface area contributed by atoms with Gasteiger partial charge < -0.3 is 10.0 Å². The normalized spacial score (nSPS) is 18.1. The number of fused-ring (bicyclic) bond motifs is 1. The number of hydrogen-bond donors (Lipinski definition) is 1. The average Bonchev–Trinajstić information content (AvgIpc) is 2.34. The van der Waals surface area contributed by atoms with Gasteiger partial charge in [-0.1, -0.05) is 6.07 Å². The summed E-state index contributed by atoms with van der Waals surface area (Å²) >= 11 is 0. The lowest BCUT2D eigenvalue weighted by Gasteiger charge is -2.30. The van der Waals surface area contributed by atoms with Gasteiger partial charge in [-0.2, -0.15) is 0 Å². The Bertz CT molecular complexity index is 499. The summed E-state index contributed by atoms with van der Waals surface area (Å²) in [5, 5.41) is 9.43. The monoisotopic (exact) mass is 229 g/mol. The molecule has 1 aliphatic heterocycles. The van der Waals surface area contributed by atoms with E-state index in [2.05, 4.69) is 0 Å². The van der Waals surface area contributed by atoms with Crippen LogP contribution in [-0.2, 0) is 4.79 Å². The number of likely N-dealkylation sites (tertiary alicyclic amines) is 1. The van der Waals surface area contributed by atoms with Crippen molar-refractivity contribution < 1.29 is 9.90 Å². The minimum Gasteiger partial charge on any atom is -0.508 e. The minimum absolute atomic E-state index is 0.114. The number of carbonyl (C=O) groups is 1. The number of nitrogens with zero attached hydrogens (tertiary/aromatic N) is 1. The molecule has 0 radical (unpaired) electrons. The first-order valence-corrected chi connectivity index (χ1v) is 6.10. The molecule has 3 heteroatoms. The fraction of sp³-hybridized carbons (Fsp3) is 0.357. The molecule has 0 aromatic heterocycles. The molecule has 3 nitrogen and oxygen atoms in total. The molecule has 0 bridgehead atoms. The van der Waals surface area contributed by atoms with Gasteiger partial charge in [-0.05, 0) is 48.6 Å². The van der Waals surface area contributed by atoms with E-state index in [1.54, 1.807) is 12.1 Å². The molecule has 1 aliphatic carbocycles. The highest BCUT2D eigenvalue weighted by atomic mass is 16.3. The molecule has 1 amide bonds. The van der Waals surface area contributed by atoms with Crippen LogP contribution in [0.5, 0.6) is 5.75 Å². The molecule has 1 fully saturated rings. The molecule has 0 atom stereocenters. The third-order valence-corrected chi connectivity index (χ3v) is 3.50. The molecule has 17 heavy (non-hydrogen) atoms. The Kier molecular flexibility index (Phi) is 2.39. The van der Waals surface area contributed by atoms with Crippen molar-refractivity contribution in [2.75, 3.05) is 13.1 Å². The molecule has 0 spiro atoms. The molecule has 2 aliphatic rings. The van der Waals surface area contributed by atoms with E-state index < -0.39 is 0 Å². The third-order valence-electron chi connectivity index (χ3n) is 3.50. The van der Waals surface area contributed by atoms with E-state index in [1.165, 1.54) is 6.42 Å². The van der Waals surface area contributed by atoms with Crippen molar-refractivity contribution in [1.82, 2.24) is 4.90 Å². The van der Waals surface area contributed by atoms with Crippen molar-refractivity contribution in [2.45, 2.75) is 19.3 Å². The van der Waals surface area contributed by atoms with Crippen LogP contribution in [0.15, 0.2) is 18.2 Å². The second-order valence-corrected chi connectivity index (χ2v) is 4.68. The smallest absolute Gasteiger partial charge is 0.254 e. The zero-order valence-corrected chi connectivity index (χ0v) is 9.65. The van der Waals surface area contributed by atoms with E-state index in [0.29, 0.717) is 0 Å². The van der Waals surface area contributed by atoms with Gasteiger partial charge in [0.25, 0.3) is 5.91 Å². The lowest BCUT2D eigenvalue weighted by molar-refractivity contribution is -0.125.